The van der Waals surface area contributed by atoms with E-state index in [1.165, 1.54) is 23.9 Å². The van der Waals surface area contributed by atoms with Gasteiger partial charge >= 0.3 is 6.09 Å². The minimum absolute atomic E-state index is 0.482. The lowest BCUT2D eigenvalue weighted by atomic mass is 10.00. The van der Waals surface area contributed by atoms with Crippen molar-refractivity contribution in [3.63, 3.8) is 0 Å². The van der Waals surface area contributed by atoms with Gasteiger partial charge in [0, 0.05) is 18.0 Å². The molecular weight excluding hydrogens is 294 g/mol. The summed E-state index contributed by atoms with van der Waals surface area (Å²) in [5.74, 6) is 0.482. The molecule has 0 saturated heterocycles. The van der Waals surface area contributed by atoms with Gasteiger partial charge in [0.15, 0.2) is 0 Å². The SMILES string of the molecule is CC(C)c1ccc(-c2csc(N(C)C(=O)O)c2Cl)cc1. The Labute approximate surface area is 127 Å². The third-order valence-corrected chi connectivity index (χ3v) is 4.74. The van der Waals surface area contributed by atoms with Gasteiger partial charge in [-0.05, 0) is 17.0 Å². The molecule has 0 aliphatic heterocycles. The van der Waals surface area contributed by atoms with E-state index in [2.05, 4.69) is 26.0 Å². The van der Waals surface area contributed by atoms with Gasteiger partial charge in [-0.25, -0.2) is 4.79 Å². The highest BCUT2D eigenvalue weighted by Crippen LogP contribution is 2.41. The monoisotopic (exact) mass is 309 g/mol. The minimum Gasteiger partial charge on any atom is -0.465 e. The van der Waals surface area contributed by atoms with Gasteiger partial charge in [0.25, 0.3) is 0 Å². The van der Waals surface area contributed by atoms with Crippen LogP contribution in [0, 0.1) is 0 Å². The van der Waals surface area contributed by atoms with E-state index in [1.807, 2.05) is 17.5 Å². The Morgan fingerprint density at radius 2 is 1.90 bits per heavy atom. The molecule has 1 aromatic carbocycles. The predicted octanol–water partition coefficient (Wildman–Crippen LogP) is 5.31. The molecule has 1 aromatic heterocycles. The van der Waals surface area contributed by atoms with Crippen molar-refractivity contribution in [2.75, 3.05) is 11.9 Å². The average molecular weight is 310 g/mol. The van der Waals surface area contributed by atoms with Crippen LogP contribution in [0.5, 0.6) is 0 Å². The first-order valence-corrected chi connectivity index (χ1v) is 7.51. The third-order valence-electron chi connectivity index (χ3n) is 3.19. The summed E-state index contributed by atoms with van der Waals surface area (Å²) < 4.78 is 0. The summed E-state index contributed by atoms with van der Waals surface area (Å²) in [5, 5.41) is 11.9. The molecular formula is C15H16ClNO2S. The van der Waals surface area contributed by atoms with Crippen LogP contribution in [0.25, 0.3) is 11.1 Å². The average Bonchev–Trinajstić information content (AvgIpc) is 2.79. The Hall–Kier alpha value is -1.52. The summed E-state index contributed by atoms with van der Waals surface area (Å²) in [6.45, 7) is 4.29. The molecule has 2 aromatic rings. The summed E-state index contributed by atoms with van der Waals surface area (Å²) >= 11 is 7.64. The molecule has 3 nitrogen and oxygen atoms in total. The summed E-state index contributed by atoms with van der Waals surface area (Å²) in [5.41, 5.74) is 3.14. The highest BCUT2D eigenvalue weighted by Gasteiger charge is 2.18. The molecule has 106 valence electrons. The lowest BCUT2D eigenvalue weighted by molar-refractivity contribution is 0.203. The van der Waals surface area contributed by atoms with Crippen LogP contribution in [0.2, 0.25) is 5.02 Å². The molecule has 1 amide bonds. The summed E-state index contributed by atoms with van der Waals surface area (Å²) in [6, 6.07) is 8.20. The minimum atomic E-state index is -1.02. The van der Waals surface area contributed by atoms with E-state index in [1.54, 1.807) is 0 Å². The van der Waals surface area contributed by atoms with Crippen LogP contribution in [0.15, 0.2) is 29.6 Å². The Bertz CT molecular complexity index is 619. The molecule has 0 bridgehead atoms. The summed E-state index contributed by atoms with van der Waals surface area (Å²) in [4.78, 5) is 12.1. The second kappa shape index (κ2) is 5.85. The fraction of sp³-hybridized carbons (Fsp3) is 0.267. The highest BCUT2D eigenvalue weighted by molar-refractivity contribution is 7.15. The maximum atomic E-state index is 11.0. The Morgan fingerprint density at radius 1 is 1.30 bits per heavy atom. The molecule has 0 atom stereocenters. The quantitative estimate of drug-likeness (QED) is 0.835. The van der Waals surface area contributed by atoms with E-state index in [0.29, 0.717) is 15.9 Å². The number of halogens is 1. The van der Waals surface area contributed by atoms with Crippen molar-refractivity contribution >= 4 is 34.0 Å². The third kappa shape index (κ3) is 2.81. The molecule has 2 rings (SSSR count). The molecule has 1 heterocycles. The zero-order valence-electron chi connectivity index (χ0n) is 11.6. The van der Waals surface area contributed by atoms with Crippen LogP contribution >= 0.6 is 22.9 Å². The number of thiophene rings is 1. The number of nitrogens with zero attached hydrogens (tertiary/aromatic N) is 1. The van der Waals surface area contributed by atoms with Crippen LogP contribution in [0.3, 0.4) is 0 Å². The molecule has 1 N–H and O–H groups in total. The van der Waals surface area contributed by atoms with Crippen molar-refractivity contribution < 1.29 is 9.90 Å². The number of anilines is 1. The molecule has 5 heteroatoms. The first-order valence-electron chi connectivity index (χ1n) is 6.25. The molecule has 0 unspecified atom stereocenters. The first kappa shape index (κ1) is 14.9. The van der Waals surface area contributed by atoms with Gasteiger partial charge in [-0.3, -0.25) is 4.90 Å². The standard InChI is InChI=1S/C15H16ClNO2S/c1-9(2)10-4-6-11(7-5-10)12-8-20-14(13(12)16)17(3)15(18)19/h4-9H,1-3H3,(H,18,19). The van der Waals surface area contributed by atoms with Gasteiger partial charge < -0.3 is 5.11 Å². The van der Waals surface area contributed by atoms with Crippen molar-refractivity contribution in [1.29, 1.82) is 0 Å². The number of amides is 1. The van der Waals surface area contributed by atoms with E-state index in [-0.39, 0.29) is 0 Å². The molecule has 0 fully saturated rings. The van der Waals surface area contributed by atoms with Gasteiger partial charge in [0.05, 0.1) is 5.02 Å². The van der Waals surface area contributed by atoms with Gasteiger partial charge in [-0.15, -0.1) is 11.3 Å². The van der Waals surface area contributed by atoms with Crippen LogP contribution in [0.4, 0.5) is 9.80 Å². The van der Waals surface area contributed by atoms with Crippen molar-refractivity contribution in [3.05, 3.63) is 40.2 Å². The predicted molar refractivity (Wildman–Crippen MR) is 85.3 cm³/mol. The number of rotatable bonds is 3. The number of hydrogen-bond acceptors (Lipinski definition) is 2. The fourth-order valence-corrected chi connectivity index (χ4v) is 3.31. The number of hydrogen-bond donors (Lipinski definition) is 1. The number of carboxylic acid groups (broad SMARTS) is 1. The molecule has 0 saturated carbocycles. The largest absolute Gasteiger partial charge is 0.465 e. The van der Waals surface area contributed by atoms with Gasteiger partial charge in [-0.1, -0.05) is 49.7 Å². The van der Waals surface area contributed by atoms with E-state index in [9.17, 15) is 4.79 Å². The van der Waals surface area contributed by atoms with Crippen LogP contribution < -0.4 is 4.90 Å². The molecule has 0 aliphatic carbocycles. The lowest BCUT2D eigenvalue weighted by Crippen LogP contribution is -2.22. The Balaban J connectivity index is 2.37. The highest BCUT2D eigenvalue weighted by atomic mass is 35.5. The second-order valence-corrected chi connectivity index (χ2v) is 6.12. The first-order chi connectivity index (χ1) is 9.41. The van der Waals surface area contributed by atoms with Crippen molar-refractivity contribution in [3.8, 4) is 11.1 Å². The normalized spacial score (nSPS) is 10.8. The van der Waals surface area contributed by atoms with Crippen molar-refractivity contribution in [1.82, 2.24) is 0 Å². The summed E-state index contributed by atoms with van der Waals surface area (Å²) in [6.07, 6.45) is -1.02. The lowest BCUT2D eigenvalue weighted by Gasteiger charge is -2.11. The maximum Gasteiger partial charge on any atom is 0.412 e. The molecule has 0 aliphatic rings. The van der Waals surface area contributed by atoms with Crippen molar-refractivity contribution in [2.45, 2.75) is 19.8 Å². The van der Waals surface area contributed by atoms with Gasteiger partial charge in [0.2, 0.25) is 0 Å². The zero-order valence-corrected chi connectivity index (χ0v) is 13.1. The fourth-order valence-electron chi connectivity index (χ4n) is 1.89. The van der Waals surface area contributed by atoms with E-state index < -0.39 is 6.09 Å². The van der Waals surface area contributed by atoms with Crippen LogP contribution in [0.1, 0.15) is 25.3 Å². The number of benzene rings is 1. The van der Waals surface area contributed by atoms with Crippen LogP contribution in [-0.2, 0) is 0 Å². The van der Waals surface area contributed by atoms with Crippen molar-refractivity contribution in [2.24, 2.45) is 0 Å². The summed E-state index contributed by atoms with van der Waals surface area (Å²) in [7, 11) is 1.49. The molecule has 0 spiro atoms. The zero-order chi connectivity index (χ0) is 14.9. The topological polar surface area (TPSA) is 40.5 Å². The van der Waals surface area contributed by atoms with E-state index in [4.69, 9.17) is 16.7 Å². The van der Waals surface area contributed by atoms with E-state index >= 15 is 0 Å². The second-order valence-electron chi connectivity index (χ2n) is 4.89. The Morgan fingerprint density at radius 3 is 2.40 bits per heavy atom. The van der Waals surface area contributed by atoms with Gasteiger partial charge in [0.1, 0.15) is 5.00 Å². The van der Waals surface area contributed by atoms with E-state index in [0.717, 1.165) is 16.0 Å². The molecule has 0 radical (unpaired) electrons. The van der Waals surface area contributed by atoms with Crippen LogP contribution in [-0.4, -0.2) is 18.2 Å². The maximum absolute atomic E-state index is 11.0. The number of carbonyl (C=O) groups is 1. The molecule has 20 heavy (non-hydrogen) atoms. The smallest absolute Gasteiger partial charge is 0.412 e. The van der Waals surface area contributed by atoms with Gasteiger partial charge in [-0.2, -0.15) is 0 Å². The Kier molecular flexibility index (Phi) is 4.35.